The Kier molecular flexibility index (Phi) is 6.62. The van der Waals surface area contributed by atoms with Crippen molar-refractivity contribution in [2.75, 3.05) is 25.1 Å². The van der Waals surface area contributed by atoms with Crippen LogP contribution in [0.3, 0.4) is 0 Å². The van der Waals surface area contributed by atoms with Crippen molar-refractivity contribution in [2.45, 2.75) is 12.2 Å². The van der Waals surface area contributed by atoms with Crippen LogP contribution in [0.4, 0.5) is 23.7 Å². The van der Waals surface area contributed by atoms with Crippen molar-refractivity contribution >= 4 is 41.6 Å². The molecule has 0 radical (unpaired) electrons. The molecular formula is C13H15F3IN3O3. The monoisotopic (exact) mass is 445 g/mol. The largest absolute Gasteiger partial charge is 0.416 e. The van der Waals surface area contributed by atoms with Crippen LogP contribution < -0.4 is 11.1 Å². The Hall–Kier alpha value is -1.56. The molecule has 0 saturated carbocycles. The predicted molar refractivity (Wildman–Crippen MR) is 86.4 cm³/mol. The van der Waals surface area contributed by atoms with Crippen LogP contribution in [-0.4, -0.2) is 42.6 Å². The van der Waals surface area contributed by atoms with Crippen molar-refractivity contribution in [2.24, 2.45) is 5.73 Å². The average Bonchev–Trinajstić information content (AvgIpc) is 2.46. The van der Waals surface area contributed by atoms with Crippen LogP contribution >= 0.6 is 24.0 Å². The Morgan fingerprint density at radius 1 is 1.35 bits per heavy atom. The molecule has 0 bridgehead atoms. The van der Waals surface area contributed by atoms with E-state index in [1.807, 2.05) is 0 Å². The van der Waals surface area contributed by atoms with Gasteiger partial charge in [-0.15, -0.1) is 24.0 Å². The molecule has 10 heteroatoms. The summed E-state index contributed by atoms with van der Waals surface area (Å²) in [5, 5.41) is 2.33. The van der Waals surface area contributed by atoms with Crippen LogP contribution in [0.2, 0.25) is 0 Å². The fraction of sp³-hybridized carbons (Fsp3) is 0.385. The number of carbonyl (C=O) groups is 2. The Balaban J connectivity index is 0.00000264. The molecule has 1 aliphatic rings. The van der Waals surface area contributed by atoms with Gasteiger partial charge in [-0.05, 0) is 18.2 Å². The third-order valence-electron chi connectivity index (χ3n) is 3.16. The molecule has 1 aromatic carbocycles. The van der Waals surface area contributed by atoms with Gasteiger partial charge in [-0.25, -0.2) is 4.79 Å². The van der Waals surface area contributed by atoms with Crippen molar-refractivity contribution in [3.63, 3.8) is 0 Å². The van der Waals surface area contributed by atoms with Gasteiger partial charge in [0.25, 0.3) is 0 Å². The zero-order valence-corrected chi connectivity index (χ0v) is 14.1. The van der Waals surface area contributed by atoms with Crippen LogP contribution in [-0.2, 0) is 15.7 Å². The van der Waals surface area contributed by atoms with Crippen LogP contribution in [0.5, 0.6) is 0 Å². The summed E-state index contributed by atoms with van der Waals surface area (Å²) >= 11 is 0. The molecule has 0 spiro atoms. The van der Waals surface area contributed by atoms with E-state index >= 15 is 0 Å². The summed E-state index contributed by atoms with van der Waals surface area (Å²) in [6, 6.07) is 2.58. The fourth-order valence-electron chi connectivity index (χ4n) is 2.05. The number of hydrogen-bond donors (Lipinski definition) is 2. The lowest BCUT2D eigenvalue weighted by Gasteiger charge is -2.33. The molecule has 1 heterocycles. The number of carbonyl (C=O) groups excluding carboxylic acids is 2. The standard InChI is InChI=1S/C13H14F3N3O3.HI/c14-13(15,16)8-2-1-3-9(6-8)18-12(21)19-4-5-22-7-10(19)11(17)20;/h1-3,6,10H,4-5,7H2,(H2,17,20)(H,18,21);1H. The van der Waals surface area contributed by atoms with E-state index < -0.39 is 29.7 Å². The minimum atomic E-state index is -4.50. The van der Waals surface area contributed by atoms with Gasteiger partial charge >= 0.3 is 12.2 Å². The summed E-state index contributed by atoms with van der Waals surface area (Å²) in [6.45, 7) is 0.309. The minimum absolute atomic E-state index is 0. The van der Waals surface area contributed by atoms with Crippen LogP contribution in [0, 0.1) is 0 Å². The van der Waals surface area contributed by atoms with Crippen molar-refractivity contribution in [3.05, 3.63) is 29.8 Å². The number of anilines is 1. The molecule has 1 unspecified atom stereocenters. The van der Waals surface area contributed by atoms with E-state index in [0.717, 1.165) is 17.0 Å². The number of nitrogens with one attached hydrogen (secondary N) is 1. The van der Waals surface area contributed by atoms with E-state index in [2.05, 4.69) is 5.32 Å². The van der Waals surface area contributed by atoms with E-state index in [1.165, 1.54) is 12.1 Å². The zero-order chi connectivity index (χ0) is 16.3. The third kappa shape index (κ3) is 4.96. The number of nitrogens with zero attached hydrogens (tertiary/aromatic N) is 1. The number of primary amides is 1. The van der Waals surface area contributed by atoms with Gasteiger partial charge in [0.1, 0.15) is 6.04 Å². The number of rotatable bonds is 2. The topological polar surface area (TPSA) is 84.7 Å². The Labute approximate surface area is 147 Å². The number of amides is 3. The number of alkyl halides is 3. The maximum Gasteiger partial charge on any atom is 0.416 e. The van der Waals surface area contributed by atoms with E-state index in [4.69, 9.17) is 10.5 Å². The molecule has 6 nitrogen and oxygen atoms in total. The van der Waals surface area contributed by atoms with Gasteiger partial charge < -0.3 is 20.7 Å². The number of morpholine rings is 1. The number of hydrogen-bond acceptors (Lipinski definition) is 3. The molecule has 3 amide bonds. The first-order valence-electron chi connectivity index (χ1n) is 6.41. The lowest BCUT2D eigenvalue weighted by molar-refractivity contribution is -0.137. The highest BCUT2D eigenvalue weighted by molar-refractivity contribution is 14.0. The van der Waals surface area contributed by atoms with E-state index in [-0.39, 0.29) is 49.4 Å². The summed E-state index contributed by atoms with van der Waals surface area (Å²) in [4.78, 5) is 24.5. The van der Waals surface area contributed by atoms with Crippen molar-refractivity contribution < 1.29 is 27.5 Å². The Morgan fingerprint density at radius 3 is 2.65 bits per heavy atom. The SMILES string of the molecule is I.NC(=O)C1COCCN1C(=O)Nc1cccc(C(F)(F)F)c1. The third-order valence-corrected chi connectivity index (χ3v) is 3.16. The molecule has 0 aliphatic carbocycles. The lowest BCUT2D eigenvalue weighted by Crippen LogP contribution is -2.55. The molecule has 3 N–H and O–H groups in total. The molecule has 1 saturated heterocycles. The molecule has 1 aromatic rings. The molecule has 1 atom stereocenters. The second kappa shape index (κ2) is 7.81. The second-order valence-corrected chi connectivity index (χ2v) is 4.70. The highest BCUT2D eigenvalue weighted by atomic mass is 127. The maximum atomic E-state index is 12.6. The molecule has 23 heavy (non-hydrogen) atoms. The summed E-state index contributed by atoms with van der Waals surface area (Å²) in [7, 11) is 0. The van der Waals surface area contributed by atoms with Gasteiger partial charge in [-0.2, -0.15) is 13.2 Å². The number of ether oxygens (including phenoxy) is 1. The second-order valence-electron chi connectivity index (χ2n) is 4.70. The highest BCUT2D eigenvalue weighted by Crippen LogP contribution is 2.30. The van der Waals surface area contributed by atoms with E-state index in [1.54, 1.807) is 0 Å². The first-order valence-corrected chi connectivity index (χ1v) is 6.41. The molecular weight excluding hydrogens is 430 g/mol. The van der Waals surface area contributed by atoms with Crippen LogP contribution in [0.1, 0.15) is 5.56 Å². The normalized spacial score (nSPS) is 18.0. The zero-order valence-electron chi connectivity index (χ0n) is 11.8. The predicted octanol–water partition coefficient (Wildman–Crippen LogP) is 2.04. The number of nitrogens with two attached hydrogens (primary N) is 1. The summed E-state index contributed by atoms with van der Waals surface area (Å²) < 4.78 is 42.9. The number of halogens is 4. The maximum absolute atomic E-state index is 12.6. The first-order chi connectivity index (χ1) is 10.3. The smallest absolute Gasteiger partial charge is 0.377 e. The van der Waals surface area contributed by atoms with Gasteiger partial charge in [0.05, 0.1) is 18.8 Å². The van der Waals surface area contributed by atoms with Gasteiger partial charge in [-0.3, -0.25) is 4.79 Å². The van der Waals surface area contributed by atoms with Gasteiger partial charge in [0.2, 0.25) is 5.91 Å². The summed E-state index contributed by atoms with van der Waals surface area (Å²) in [5.41, 5.74) is 4.29. The van der Waals surface area contributed by atoms with E-state index in [0.29, 0.717) is 0 Å². The average molecular weight is 445 g/mol. The summed E-state index contributed by atoms with van der Waals surface area (Å²) in [6.07, 6.45) is -4.50. The Morgan fingerprint density at radius 2 is 2.04 bits per heavy atom. The van der Waals surface area contributed by atoms with Gasteiger partial charge in [0.15, 0.2) is 0 Å². The summed E-state index contributed by atoms with van der Waals surface area (Å²) in [5.74, 6) is -0.737. The first kappa shape index (κ1) is 19.5. The van der Waals surface area contributed by atoms with Crippen molar-refractivity contribution in [3.8, 4) is 0 Å². The number of benzene rings is 1. The van der Waals surface area contributed by atoms with Gasteiger partial charge in [-0.1, -0.05) is 6.07 Å². The van der Waals surface area contributed by atoms with Crippen LogP contribution in [0.15, 0.2) is 24.3 Å². The lowest BCUT2D eigenvalue weighted by atomic mass is 10.2. The van der Waals surface area contributed by atoms with Crippen molar-refractivity contribution in [1.29, 1.82) is 0 Å². The quantitative estimate of drug-likeness (QED) is 0.684. The minimum Gasteiger partial charge on any atom is -0.377 e. The molecule has 1 aliphatic heterocycles. The fourth-order valence-corrected chi connectivity index (χ4v) is 2.05. The molecule has 1 fully saturated rings. The molecule has 0 aromatic heterocycles. The van der Waals surface area contributed by atoms with Crippen LogP contribution in [0.25, 0.3) is 0 Å². The van der Waals surface area contributed by atoms with Gasteiger partial charge in [0, 0.05) is 12.2 Å². The highest BCUT2D eigenvalue weighted by Gasteiger charge is 2.33. The van der Waals surface area contributed by atoms with Crippen molar-refractivity contribution in [1.82, 2.24) is 4.90 Å². The molecule has 128 valence electrons. The molecule has 2 rings (SSSR count). The Bertz CT molecular complexity index is 583. The number of urea groups is 1. The van der Waals surface area contributed by atoms with E-state index in [9.17, 15) is 22.8 Å².